The summed E-state index contributed by atoms with van der Waals surface area (Å²) in [5, 5.41) is 2.92. The minimum absolute atomic E-state index is 0.172. The van der Waals surface area contributed by atoms with Crippen molar-refractivity contribution >= 4 is 11.6 Å². The number of nitrogens with two attached hydrogens (primary N) is 1. The number of anilines is 1. The fourth-order valence-corrected chi connectivity index (χ4v) is 3.70. The highest BCUT2D eigenvalue weighted by Crippen LogP contribution is 2.40. The molecule has 0 radical (unpaired) electrons. The second-order valence-corrected chi connectivity index (χ2v) is 7.79. The Morgan fingerprint density at radius 3 is 2.55 bits per heavy atom. The van der Waals surface area contributed by atoms with Gasteiger partial charge in [-0.2, -0.15) is 13.2 Å². The maximum absolute atomic E-state index is 12.9. The number of pyridine rings is 1. The van der Waals surface area contributed by atoms with Crippen LogP contribution in [0.15, 0.2) is 42.7 Å². The standard InChI is InChI=1S/C21H23F3N4O/c22-21(23,24)16-9-18(11-26-10-16)28-8-7-17(12-28)27-20(29)19(25)15-5-3-14(4-6-15)13-1-2-13/h3-6,9-11,13,17,19H,1-2,7-8,12,25H2,(H,27,29)/t17-,19-/m1/s1. The molecule has 1 aliphatic carbocycles. The molecule has 0 bridgehead atoms. The topological polar surface area (TPSA) is 71.2 Å². The SMILES string of the molecule is N[C@@H](C(=O)N[C@@H]1CCN(c2cncc(C(F)(F)F)c2)C1)c1ccc(C2CC2)cc1. The first-order valence-electron chi connectivity index (χ1n) is 9.74. The summed E-state index contributed by atoms with van der Waals surface area (Å²) in [5.74, 6) is 0.363. The molecule has 2 fully saturated rings. The van der Waals surface area contributed by atoms with Crippen molar-refractivity contribution in [2.24, 2.45) is 5.73 Å². The minimum Gasteiger partial charge on any atom is -0.368 e. The smallest absolute Gasteiger partial charge is 0.368 e. The van der Waals surface area contributed by atoms with Gasteiger partial charge in [0, 0.05) is 25.3 Å². The van der Waals surface area contributed by atoms with E-state index in [0.29, 0.717) is 31.1 Å². The summed E-state index contributed by atoms with van der Waals surface area (Å²) >= 11 is 0. The summed E-state index contributed by atoms with van der Waals surface area (Å²) in [7, 11) is 0. The largest absolute Gasteiger partial charge is 0.417 e. The molecule has 5 nitrogen and oxygen atoms in total. The van der Waals surface area contributed by atoms with Crippen LogP contribution in [-0.2, 0) is 11.0 Å². The van der Waals surface area contributed by atoms with Gasteiger partial charge in [0.25, 0.3) is 0 Å². The van der Waals surface area contributed by atoms with E-state index in [1.807, 2.05) is 24.3 Å². The highest BCUT2D eigenvalue weighted by Gasteiger charge is 2.33. The molecule has 1 aromatic heterocycles. The van der Waals surface area contributed by atoms with Gasteiger partial charge in [-0.25, -0.2) is 0 Å². The zero-order valence-electron chi connectivity index (χ0n) is 15.8. The van der Waals surface area contributed by atoms with Crippen LogP contribution in [0.2, 0.25) is 0 Å². The Morgan fingerprint density at radius 2 is 1.90 bits per heavy atom. The predicted molar refractivity (Wildman–Crippen MR) is 103 cm³/mol. The molecular weight excluding hydrogens is 381 g/mol. The zero-order valence-corrected chi connectivity index (χ0v) is 15.8. The number of nitrogens with zero attached hydrogens (tertiary/aromatic N) is 2. The van der Waals surface area contributed by atoms with E-state index in [-0.39, 0.29) is 11.9 Å². The Morgan fingerprint density at radius 1 is 1.17 bits per heavy atom. The second-order valence-electron chi connectivity index (χ2n) is 7.79. The number of benzene rings is 1. The van der Waals surface area contributed by atoms with Crippen LogP contribution < -0.4 is 16.0 Å². The molecule has 2 heterocycles. The number of carbonyl (C=O) groups is 1. The van der Waals surface area contributed by atoms with Crippen LogP contribution in [0.1, 0.15) is 47.9 Å². The van der Waals surface area contributed by atoms with Crippen LogP contribution in [0.4, 0.5) is 18.9 Å². The van der Waals surface area contributed by atoms with Crippen LogP contribution >= 0.6 is 0 Å². The predicted octanol–water partition coefficient (Wildman–Crippen LogP) is 3.37. The normalized spacial score (nSPS) is 20.6. The third-order valence-corrected chi connectivity index (χ3v) is 5.58. The summed E-state index contributed by atoms with van der Waals surface area (Å²) in [4.78, 5) is 18.0. The van der Waals surface area contributed by atoms with Gasteiger partial charge >= 0.3 is 6.18 Å². The van der Waals surface area contributed by atoms with Crippen LogP contribution in [-0.4, -0.2) is 30.0 Å². The first-order chi connectivity index (χ1) is 13.8. The van der Waals surface area contributed by atoms with Crippen molar-refractivity contribution in [2.75, 3.05) is 18.0 Å². The first-order valence-corrected chi connectivity index (χ1v) is 9.74. The molecule has 1 saturated carbocycles. The number of carbonyl (C=O) groups excluding carboxylic acids is 1. The lowest BCUT2D eigenvalue weighted by atomic mass is 10.0. The van der Waals surface area contributed by atoms with E-state index in [4.69, 9.17) is 5.73 Å². The molecule has 1 saturated heterocycles. The molecule has 1 aromatic carbocycles. The van der Waals surface area contributed by atoms with Gasteiger partial charge in [0.15, 0.2) is 0 Å². The monoisotopic (exact) mass is 404 g/mol. The average Bonchev–Trinajstić information content (AvgIpc) is 3.46. The van der Waals surface area contributed by atoms with Gasteiger partial charge in [0.1, 0.15) is 6.04 Å². The number of hydrogen-bond acceptors (Lipinski definition) is 4. The number of hydrogen-bond donors (Lipinski definition) is 2. The molecule has 3 N–H and O–H groups in total. The van der Waals surface area contributed by atoms with E-state index in [0.717, 1.165) is 17.8 Å². The molecule has 1 aliphatic heterocycles. The van der Waals surface area contributed by atoms with Gasteiger partial charge in [-0.15, -0.1) is 0 Å². The molecule has 2 atom stereocenters. The third-order valence-electron chi connectivity index (χ3n) is 5.58. The summed E-state index contributed by atoms with van der Waals surface area (Å²) in [6.45, 7) is 0.960. The fourth-order valence-electron chi connectivity index (χ4n) is 3.70. The first kappa shape index (κ1) is 19.7. The number of alkyl halides is 3. The van der Waals surface area contributed by atoms with Crippen LogP contribution in [0.25, 0.3) is 0 Å². The van der Waals surface area contributed by atoms with Gasteiger partial charge in [0.2, 0.25) is 5.91 Å². The Balaban J connectivity index is 1.35. The molecule has 4 rings (SSSR count). The van der Waals surface area contributed by atoms with Crippen molar-refractivity contribution in [3.8, 4) is 0 Å². The van der Waals surface area contributed by atoms with Gasteiger partial charge in [-0.05, 0) is 42.4 Å². The maximum atomic E-state index is 12.9. The maximum Gasteiger partial charge on any atom is 0.417 e. The lowest BCUT2D eigenvalue weighted by Gasteiger charge is -2.21. The van der Waals surface area contributed by atoms with E-state index in [9.17, 15) is 18.0 Å². The quantitative estimate of drug-likeness (QED) is 0.802. The van der Waals surface area contributed by atoms with E-state index >= 15 is 0 Å². The molecule has 154 valence electrons. The van der Waals surface area contributed by atoms with Crippen molar-refractivity contribution in [3.63, 3.8) is 0 Å². The summed E-state index contributed by atoms with van der Waals surface area (Å²) in [6.07, 6.45) is 0.851. The number of aromatic nitrogens is 1. The molecular formula is C21H23F3N4O. The minimum atomic E-state index is -4.43. The lowest BCUT2D eigenvalue weighted by Crippen LogP contribution is -2.42. The highest BCUT2D eigenvalue weighted by atomic mass is 19.4. The van der Waals surface area contributed by atoms with Gasteiger partial charge in [-0.3, -0.25) is 9.78 Å². The molecule has 0 unspecified atom stereocenters. The van der Waals surface area contributed by atoms with Crippen LogP contribution in [0.5, 0.6) is 0 Å². The summed E-state index contributed by atoms with van der Waals surface area (Å²) in [6, 6.07) is 7.99. The number of halogens is 3. The second kappa shape index (κ2) is 7.67. The van der Waals surface area contributed by atoms with Gasteiger partial charge < -0.3 is 16.0 Å². The molecule has 0 spiro atoms. The van der Waals surface area contributed by atoms with Crippen molar-refractivity contribution in [1.82, 2.24) is 10.3 Å². The van der Waals surface area contributed by atoms with Crippen LogP contribution in [0, 0.1) is 0 Å². The summed E-state index contributed by atoms with van der Waals surface area (Å²) < 4.78 is 38.7. The molecule has 8 heteroatoms. The fraction of sp³-hybridized carbons (Fsp3) is 0.429. The lowest BCUT2D eigenvalue weighted by molar-refractivity contribution is -0.137. The number of rotatable bonds is 5. The Labute approximate surface area is 167 Å². The van der Waals surface area contributed by atoms with Crippen molar-refractivity contribution in [2.45, 2.75) is 43.4 Å². The number of nitrogens with one attached hydrogen (secondary N) is 1. The van der Waals surface area contributed by atoms with Crippen molar-refractivity contribution < 1.29 is 18.0 Å². The number of amides is 1. The highest BCUT2D eigenvalue weighted by molar-refractivity contribution is 5.83. The van der Waals surface area contributed by atoms with Crippen molar-refractivity contribution in [3.05, 3.63) is 59.4 Å². The van der Waals surface area contributed by atoms with E-state index in [2.05, 4.69) is 10.3 Å². The molecule has 29 heavy (non-hydrogen) atoms. The van der Waals surface area contributed by atoms with Crippen molar-refractivity contribution in [1.29, 1.82) is 0 Å². The van der Waals surface area contributed by atoms with E-state index < -0.39 is 17.8 Å². The molecule has 1 amide bonds. The Bertz CT molecular complexity index is 880. The molecule has 2 aliphatic rings. The summed E-state index contributed by atoms with van der Waals surface area (Å²) in [5.41, 5.74) is 7.77. The Hall–Kier alpha value is -2.61. The average molecular weight is 404 g/mol. The van der Waals surface area contributed by atoms with Gasteiger partial charge in [-0.1, -0.05) is 24.3 Å². The zero-order chi connectivity index (χ0) is 20.6. The van der Waals surface area contributed by atoms with E-state index in [1.165, 1.54) is 24.6 Å². The van der Waals surface area contributed by atoms with E-state index in [1.54, 1.807) is 4.90 Å². The van der Waals surface area contributed by atoms with Gasteiger partial charge in [0.05, 0.1) is 17.4 Å². The molecule has 2 aromatic rings. The third kappa shape index (κ3) is 4.53. The Kier molecular flexibility index (Phi) is 5.21. The van der Waals surface area contributed by atoms with Crippen LogP contribution in [0.3, 0.4) is 0 Å².